The quantitative estimate of drug-likeness (QED) is 0.510. The second kappa shape index (κ2) is 6.40. The van der Waals surface area contributed by atoms with E-state index in [4.69, 9.17) is 0 Å². The highest BCUT2D eigenvalue weighted by Gasteiger charge is 2.08. The zero-order valence-corrected chi connectivity index (χ0v) is 11.1. The van der Waals surface area contributed by atoms with E-state index in [2.05, 4.69) is 43.2 Å². The van der Waals surface area contributed by atoms with Crippen LogP contribution in [0, 0.1) is 0 Å². The summed E-state index contributed by atoms with van der Waals surface area (Å²) in [5.41, 5.74) is 0. The van der Waals surface area contributed by atoms with Gasteiger partial charge < -0.3 is 5.32 Å². The van der Waals surface area contributed by atoms with Crippen LogP contribution in [0.4, 0.5) is 0 Å². The lowest BCUT2D eigenvalue weighted by Crippen LogP contribution is -2.20. The molecule has 0 bridgehead atoms. The number of hydrogen-bond acceptors (Lipinski definition) is 8. The molecule has 0 radical (unpaired) electrons. The third-order valence-electron chi connectivity index (χ3n) is 2.13. The van der Waals surface area contributed by atoms with Crippen molar-refractivity contribution in [2.75, 3.05) is 13.1 Å². The van der Waals surface area contributed by atoms with Crippen molar-refractivity contribution in [2.45, 2.75) is 24.4 Å². The lowest BCUT2D eigenvalue weighted by Gasteiger charge is -2.03. The molecule has 0 spiro atoms. The number of aryl methyl sites for hydroxylation is 1. The Labute approximate surface area is 108 Å². The predicted octanol–water partition coefficient (Wildman–Crippen LogP) is -0.902. The second-order valence-corrected chi connectivity index (χ2v) is 4.46. The summed E-state index contributed by atoms with van der Waals surface area (Å²) in [6.07, 6.45) is 0. The van der Waals surface area contributed by atoms with E-state index in [1.807, 2.05) is 0 Å². The maximum atomic E-state index is 4.10. The van der Waals surface area contributed by atoms with Gasteiger partial charge in [0.05, 0.1) is 19.3 Å². The Morgan fingerprint density at radius 1 is 1.28 bits per heavy atom. The van der Waals surface area contributed by atoms with Crippen LogP contribution in [0.5, 0.6) is 0 Å². The van der Waals surface area contributed by atoms with Crippen LogP contribution in [-0.2, 0) is 19.3 Å². The van der Waals surface area contributed by atoms with Crippen LogP contribution in [0.3, 0.4) is 0 Å². The number of aromatic nitrogens is 8. The number of rotatable bonds is 7. The largest absolute Gasteiger partial charge is 0.315 e. The summed E-state index contributed by atoms with van der Waals surface area (Å²) in [5, 5.41) is 27.4. The molecule has 0 aliphatic heterocycles. The van der Waals surface area contributed by atoms with Gasteiger partial charge in [-0.25, -0.2) is 4.68 Å². The fraction of sp³-hybridized carbons (Fsp3) is 0.750. The molecule has 0 atom stereocenters. The molecule has 0 aliphatic carbocycles. The van der Waals surface area contributed by atoms with Gasteiger partial charge in [-0.2, -0.15) is 4.80 Å². The summed E-state index contributed by atoms with van der Waals surface area (Å²) >= 11 is 1.50. The predicted molar refractivity (Wildman–Crippen MR) is 64.7 cm³/mol. The minimum atomic E-state index is 0.607. The van der Waals surface area contributed by atoms with Gasteiger partial charge in [0.15, 0.2) is 5.82 Å². The fourth-order valence-corrected chi connectivity index (χ4v) is 2.06. The van der Waals surface area contributed by atoms with Crippen LogP contribution in [0.25, 0.3) is 0 Å². The van der Waals surface area contributed by atoms with E-state index in [0.29, 0.717) is 11.6 Å². The first kappa shape index (κ1) is 12.9. The standard InChI is InChI=1S/C8H15N9S/c1-3-9-4-5-17-8(11-13-15-17)18-6-7-10-14-16(2)12-7/h9H,3-6H2,1-2H3. The monoisotopic (exact) mass is 269 g/mol. The van der Waals surface area contributed by atoms with E-state index < -0.39 is 0 Å². The van der Waals surface area contributed by atoms with Crippen molar-refractivity contribution in [3.8, 4) is 0 Å². The summed E-state index contributed by atoms with van der Waals surface area (Å²) in [6.45, 7) is 4.60. The summed E-state index contributed by atoms with van der Waals surface area (Å²) < 4.78 is 1.77. The third-order valence-corrected chi connectivity index (χ3v) is 3.08. The van der Waals surface area contributed by atoms with Crippen LogP contribution in [0.1, 0.15) is 12.7 Å². The Balaban J connectivity index is 1.87. The number of likely N-dealkylation sites (N-methyl/N-ethyl adjacent to an activating group) is 1. The molecule has 0 saturated heterocycles. The van der Waals surface area contributed by atoms with Gasteiger partial charge in [0, 0.05) is 6.54 Å². The van der Waals surface area contributed by atoms with Gasteiger partial charge in [0.25, 0.3) is 0 Å². The maximum absolute atomic E-state index is 4.10. The third kappa shape index (κ3) is 3.47. The smallest absolute Gasteiger partial charge is 0.209 e. The number of hydrogen-bond donors (Lipinski definition) is 1. The molecule has 2 rings (SSSR count). The molecule has 9 nitrogen and oxygen atoms in total. The van der Waals surface area contributed by atoms with Crippen molar-refractivity contribution >= 4 is 11.8 Å². The number of nitrogens with zero attached hydrogens (tertiary/aromatic N) is 8. The van der Waals surface area contributed by atoms with E-state index >= 15 is 0 Å². The molecule has 0 unspecified atom stereocenters. The van der Waals surface area contributed by atoms with Gasteiger partial charge in [-0.3, -0.25) is 0 Å². The van der Waals surface area contributed by atoms with Crippen molar-refractivity contribution in [3.63, 3.8) is 0 Å². The van der Waals surface area contributed by atoms with Crippen LogP contribution in [0.15, 0.2) is 5.16 Å². The molecule has 0 aromatic carbocycles. The van der Waals surface area contributed by atoms with Crippen molar-refractivity contribution in [1.82, 2.24) is 45.7 Å². The molecule has 0 aliphatic rings. The van der Waals surface area contributed by atoms with E-state index in [1.54, 1.807) is 11.7 Å². The maximum Gasteiger partial charge on any atom is 0.209 e. The highest BCUT2D eigenvalue weighted by Crippen LogP contribution is 2.16. The topological polar surface area (TPSA) is 99.2 Å². The van der Waals surface area contributed by atoms with Crippen LogP contribution < -0.4 is 5.32 Å². The van der Waals surface area contributed by atoms with Crippen molar-refractivity contribution in [3.05, 3.63) is 5.82 Å². The van der Waals surface area contributed by atoms with Gasteiger partial charge in [0.1, 0.15) is 0 Å². The Morgan fingerprint density at radius 3 is 2.89 bits per heavy atom. The number of tetrazole rings is 2. The molecule has 0 saturated carbocycles. The highest BCUT2D eigenvalue weighted by atomic mass is 32.2. The Bertz CT molecular complexity index is 478. The molecule has 0 fully saturated rings. The first-order chi connectivity index (χ1) is 8.79. The Morgan fingerprint density at radius 2 is 2.17 bits per heavy atom. The Hall–Kier alpha value is -1.55. The van der Waals surface area contributed by atoms with Gasteiger partial charge in [-0.1, -0.05) is 18.7 Å². The molecule has 1 N–H and O–H groups in total. The van der Waals surface area contributed by atoms with Gasteiger partial charge in [-0.15, -0.1) is 15.3 Å². The molecule has 2 aromatic rings. The second-order valence-electron chi connectivity index (χ2n) is 3.52. The number of thioether (sulfide) groups is 1. The molecule has 10 heteroatoms. The lowest BCUT2D eigenvalue weighted by molar-refractivity contribution is 0.517. The minimum absolute atomic E-state index is 0.607. The molecular weight excluding hydrogens is 254 g/mol. The van der Waals surface area contributed by atoms with E-state index in [0.717, 1.165) is 24.8 Å². The normalized spacial score (nSPS) is 11.0. The van der Waals surface area contributed by atoms with Gasteiger partial charge >= 0.3 is 0 Å². The van der Waals surface area contributed by atoms with Gasteiger partial charge in [0.2, 0.25) is 5.16 Å². The van der Waals surface area contributed by atoms with Crippen LogP contribution in [-0.4, -0.2) is 53.5 Å². The van der Waals surface area contributed by atoms with E-state index in [9.17, 15) is 0 Å². The van der Waals surface area contributed by atoms with Crippen molar-refractivity contribution < 1.29 is 0 Å². The Kier molecular flexibility index (Phi) is 4.59. The summed E-state index contributed by atoms with van der Waals surface area (Å²) in [4.78, 5) is 1.43. The van der Waals surface area contributed by atoms with E-state index in [1.165, 1.54) is 16.6 Å². The average Bonchev–Trinajstić information content (AvgIpc) is 2.96. The van der Waals surface area contributed by atoms with Gasteiger partial charge in [-0.05, 0) is 22.2 Å². The molecule has 98 valence electrons. The van der Waals surface area contributed by atoms with Crippen LogP contribution >= 0.6 is 11.8 Å². The molecular formula is C8H15N9S. The average molecular weight is 269 g/mol. The summed E-state index contributed by atoms with van der Waals surface area (Å²) in [6, 6.07) is 0. The lowest BCUT2D eigenvalue weighted by atomic mass is 10.6. The minimum Gasteiger partial charge on any atom is -0.315 e. The SMILES string of the molecule is CCNCCn1nnnc1SCc1nnn(C)n1. The first-order valence-corrected chi connectivity index (χ1v) is 6.60. The summed E-state index contributed by atoms with van der Waals surface area (Å²) in [5.74, 6) is 1.28. The fourth-order valence-electron chi connectivity index (χ4n) is 1.31. The zero-order chi connectivity index (χ0) is 12.8. The van der Waals surface area contributed by atoms with Crippen LogP contribution in [0.2, 0.25) is 0 Å². The number of nitrogens with one attached hydrogen (secondary N) is 1. The molecule has 18 heavy (non-hydrogen) atoms. The molecule has 0 amide bonds. The zero-order valence-electron chi connectivity index (χ0n) is 10.3. The van der Waals surface area contributed by atoms with Crippen molar-refractivity contribution in [2.24, 2.45) is 7.05 Å². The van der Waals surface area contributed by atoms with E-state index in [-0.39, 0.29) is 0 Å². The van der Waals surface area contributed by atoms with Crippen molar-refractivity contribution in [1.29, 1.82) is 0 Å². The first-order valence-electron chi connectivity index (χ1n) is 5.62. The summed E-state index contributed by atoms with van der Waals surface area (Å²) in [7, 11) is 1.74. The molecule has 2 heterocycles. The highest BCUT2D eigenvalue weighted by molar-refractivity contribution is 7.98. The molecule has 2 aromatic heterocycles.